The van der Waals surface area contributed by atoms with E-state index in [0.717, 1.165) is 5.69 Å². The lowest BCUT2D eigenvalue weighted by atomic mass is 10.2. The maximum Gasteiger partial charge on any atom is 0.275 e. The third-order valence-electron chi connectivity index (χ3n) is 2.03. The molecule has 0 unspecified atom stereocenters. The molecule has 0 spiro atoms. The Bertz CT molecular complexity index is 437. The first-order chi connectivity index (χ1) is 7.31. The third kappa shape index (κ3) is 1.85. The fourth-order valence-corrected chi connectivity index (χ4v) is 1.32. The zero-order valence-electron chi connectivity index (χ0n) is 7.84. The summed E-state index contributed by atoms with van der Waals surface area (Å²) in [4.78, 5) is 15.3. The summed E-state index contributed by atoms with van der Waals surface area (Å²) in [6.07, 6.45) is 0. The predicted molar refractivity (Wildman–Crippen MR) is 55.8 cm³/mol. The van der Waals surface area contributed by atoms with Crippen molar-refractivity contribution in [3.8, 4) is 0 Å². The van der Waals surface area contributed by atoms with Gasteiger partial charge in [0.25, 0.3) is 5.91 Å². The molecule has 5 nitrogen and oxygen atoms in total. The molecule has 1 aliphatic heterocycles. The van der Waals surface area contributed by atoms with Gasteiger partial charge in [0.15, 0.2) is 5.71 Å². The van der Waals surface area contributed by atoms with Crippen molar-refractivity contribution in [3.05, 3.63) is 30.3 Å². The van der Waals surface area contributed by atoms with Gasteiger partial charge in [0.2, 0.25) is 0 Å². The van der Waals surface area contributed by atoms with Gasteiger partial charge in [0.1, 0.15) is 0 Å². The smallest absolute Gasteiger partial charge is 0.275 e. The van der Waals surface area contributed by atoms with E-state index in [1.54, 1.807) is 0 Å². The first kappa shape index (κ1) is 9.39. The molecule has 0 bridgehead atoms. The number of oxime groups is 1. The molecule has 2 N–H and O–H groups in total. The lowest BCUT2D eigenvalue weighted by molar-refractivity contribution is -0.114. The van der Waals surface area contributed by atoms with E-state index in [-0.39, 0.29) is 5.71 Å². The molecule has 0 saturated carbocycles. The van der Waals surface area contributed by atoms with Crippen LogP contribution in [-0.4, -0.2) is 29.1 Å². The Morgan fingerprint density at radius 2 is 2.00 bits per heavy atom. The van der Waals surface area contributed by atoms with Crippen LogP contribution in [0.1, 0.15) is 0 Å². The summed E-state index contributed by atoms with van der Waals surface area (Å²) in [5.74, 6) is -0.396. The average Bonchev–Trinajstić information content (AvgIpc) is 2.61. The van der Waals surface area contributed by atoms with E-state index in [0.29, 0.717) is 12.3 Å². The van der Waals surface area contributed by atoms with Crippen LogP contribution in [0.2, 0.25) is 0 Å². The molecule has 0 aliphatic carbocycles. The van der Waals surface area contributed by atoms with Crippen LogP contribution in [0.5, 0.6) is 0 Å². The van der Waals surface area contributed by atoms with Gasteiger partial charge in [-0.3, -0.25) is 4.79 Å². The van der Waals surface area contributed by atoms with Gasteiger partial charge in [-0.1, -0.05) is 23.4 Å². The van der Waals surface area contributed by atoms with Gasteiger partial charge >= 0.3 is 0 Å². The second kappa shape index (κ2) is 3.91. The summed E-state index contributed by atoms with van der Waals surface area (Å²) in [6.45, 7) is 0.299. The van der Waals surface area contributed by atoms with Crippen molar-refractivity contribution < 1.29 is 10.0 Å². The summed E-state index contributed by atoms with van der Waals surface area (Å²) < 4.78 is 0. The average molecular weight is 203 g/mol. The van der Waals surface area contributed by atoms with Crippen molar-refractivity contribution in [1.82, 2.24) is 5.32 Å². The van der Waals surface area contributed by atoms with E-state index >= 15 is 0 Å². The Balaban J connectivity index is 2.33. The highest BCUT2D eigenvalue weighted by atomic mass is 16.4. The summed E-state index contributed by atoms with van der Waals surface area (Å²) in [5.41, 5.74) is 1.16. The van der Waals surface area contributed by atoms with E-state index in [9.17, 15) is 4.79 Å². The van der Waals surface area contributed by atoms with Gasteiger partial charge in [-0.2, -0.15) is 0 Å². The maximum absolute atomic E-state index is 11.1. The number of aliphatic imine (C=N–C) groups is 1. The van der Waals surface area contributed by atoms with Crippen LogP contribution in [0.15, 0.2) is 40.5 Å². The molecule has 1 heterocycles. The van der Waals surface area contributed by atoms with E-state index in [1.807, 2.05) is 30.3 Å². The fraction of sp³-hybridized carbons (Fsp3) is 0.100. The molecule has 1 saturated heterocycles. The third-order valence-corrected chi connectivity index (χ3v) is 2.03. The van der Waals surface area contributed by atoms with Gasteiger partial charge in [0, 0.05) is 0 Å². The van der Waals surface area contributed by atoms with Crippen molar-refractivity contribution in [2.24, 2.45) is 10.1 Å². The molecule has 1 fully saturated rings. The molecule has 5 heteroatoms. The minimum absolute atomic E-state index is 0.0150. The number of carbonyl (C=O) groups is 1. The second-order valence-electron chi connectivity index (χ2n) is 3.03. The van der Waals surface area contributed by atoms with E-state index in [1.165, 1.54) is 0 Å². The lowest BCUT2D eigenvalue weighted by Gasteiger charge is -1.94. The molecule has 2 rings (SSSR count). The molecular weight excluding hydrogens is 194 g/mol. The highest BCUT2D eigenvalue weighted by Crippen LogP contribution is 2.11. The number of hydrogen-bond donors (Lipinski definition) is 2. The number of nitrogens with zero attached hydrogens (tertiary/aromatic N) is 2. The van der Waals surface area contributed by atoms with Crippen molar-refractivity contribution in [2.45, 2.75) is 0 Å². The molecule has 0 radical (unpaired) electrons. The maximum atomic E-state index is 11.1. The van der Waals surface area contributed by atoms with Gasteiger partial charge in [-0.25, -0.2) is 4.99 Å². The standard InChI is InChI=1S/C10H9N3O2/c14-10-9(13-15)8(6-11-10)12-7-4-2-1-3-5-7/h1-5,15H,6H2,(H,11,14). The van der Waals surface area contributed by atoms with E-state index in [2.05, 4.69) is 15.5 Å². The van der Waals surface area contributed by atoms with Gasteiger partial charge in [-0.15, -0.1) is 0 Å². The van der Waals surface area contributed by atoms with Crippen LogP contribution < -0.4 is 5.32 Å². The van der Waals surface area contributed by atoms with Crippen LogP contribution in [0.4, 0.5) is 5.69 Å². The Morgan fingerprint density at radius 1 is 1.27 bits per heavy atom. The van der Waals surface area contributed by atoms with Gasteiger partial charge in [0.05, 0.1) is 17.9 Å². The van der Waals surface area contributed by atoms with E-state index in [4.69, 9.17) is 5.21 Å². The summed E-state index contributed by atoms with van der Waals surface area (Å²) in [6, 6.07) is 9.19. The first-order valence-corrected chi connectivity index (χ1v) is 4.44. The van der Waals surface area contributed by atoms with Crippen molar-refractivity contribution in [3.63, 3.8) is 0 Å². The molecule has 76 valence electrons. The van der Waals surface area contributed by atoms with Gasteiger partial charge in [-0.05, 0) is 12.1 Å². The van der Waals surface area contributed by atoms with Crippen molar-refractivity contribution in [2.75, 3.05) is 6.54 Å². The largest absolute Gasteiger partial charge is 0.410 e. The highest BCUT2D eigenvalue weighted by Gasteiger charge is 2.26. The molecule has 0 atom stereocenters. The monoisotopic (exact) mass is 203 g/mol. The topological polar surface area (TPSA) is 74.0 Å². The Labute approximate surface area is 86.1 Å². The molecule has 15 heavy (non-hydrogen) atoms. The number of hydrogen-bond acceptors (Lipinski definition) is 4. The van der Waals surface area contributed by atoms with Crippen LogP contribution in [0.25, 0.3) is 0 Å². The fourth-order valence-electron chi connectivity index (χ4n) is 1.32. The summed E-state index contributed by atoms with van der Waals surface area (Å²) in [5, 5.41) is 14.1. The number of nitrogens with one attached hydrogen (secondary N) is 1. The number of benzene rings is 1. The minimum atomic E-state index is -0.396. The number of amides is 1. The first-order valence-electron chi connectivity index (χ1n) is 4.44. The predicted octanol–water partition coefficient (Wildman–Crippen LogP) is 0.719. The van der Waals surface area contributed by atoms with Crippen LogP contribution in [0.3, 0.4) is 0 Å². The SMILES string of the molecule is O=C1NCC(=Nc2ccccc2)C1=NO. The molecule has 1 aromatic rings. The quantitative estimate of drug-likeness (QED) is 0.521. The molecule has 1 amide bonds. The van der Waals surface area contributed by atoms with Crippen LogP contribution >= 0.6 is 0 Å². The molecule has 1 aliphatic rings. The highest BCUT2D eigenvalue weighted by molar-refractivity contribution is 6.70. The van der Waals surface area contributed by atoms with Crippen LogP contribution in [0, 0.1) is 0 Å². The number of carbonyl (C=O) groups excluding carboxylic acids is 1. The van der Waals surface area contributed by atoms with Crippen molar-refractivity contribution in [1.29, 1.82) is 0 Å². The Kier molecular flexibility index (Phi) is 2.45. The molecule has 0 aromatic heterocycles. The van der Waals surface area contributed by atoms with E-state index < -0.39 is 5.91 Å². The van der Waals surface area contributed by atoms with Crippen LogP contribution in [-0.2, 0) is 4.79 Å². The zero-order chi connectivity index (χ0) is 10.7. The number of rotatable bonds is 1. The zero-order valence-corrected chi connectivity index (χ0v) is 7.84. The van der Waals surface area contributed by atoms with Gasteiger partial charge < -0.3 is 10.5 Å². The molecular formula is C10H9N3O2. The number of para-hydroxylation sites is 1. The normalized spacial score (nSPS) is 20.9. The lowest BCUT2D eigenvalue weighted by Crippen LogP contribution is -2.19. The minimum Gasteiger partial charge on any atom is -0.410 e. The Hall–Kier alpha value is -2.17. The summed E-state index contributed by atoms with van der Waals surface area (Å²) in [7, 11) is 0. The van der Waals surface area contributed by atoms with Crippen molar-refractivity contribution >= 4 is 23.0 Å². The Morgan fingerprint density at radius 3 is 2.67 bits per heavy atom. The summed E-state index contributed by atoms with van der Waals surface area (Å²) >= 11 is 0. The second-order valence-corrected chi connectivity index (χ2v) is 3.03. The molecule has 1 aromatic carbocycles.